The van der Waals surface area contributed by atoms with E-state index in [0.717, 1.165) is 5.69 Å². The lowest BCUT2D eigenvalue weighted by Crippen LogP contribution is -2.12. The SMILES string of the molecule is CC.Cc1ccc2nc(NC(=O)c3cccnc3)cn2n1. The number of imidazole rings is 1. The van der Waals surface area contributed by atoms with Crippen molar-refractivity contribution in [1.29, 1.82) is 0 Å². The first-order chi connectivity index (χ1) is 10.2. The van der Waals surface area contributed by atoms with Crippen LogP contribution in [-0.4, -0.2) is 25.5 Å². The van der Waals surface area contributed by atoms with Crippen LogP contribution in [0.4, 0.5) is 5.82 Å². The normalized spacial score (nSPS) is 9.86. The largest absolute Gasteiger partial charge is 0.305 e. The summed E-state index contributed by atoms with van der Waals surface area (Å²) in [6.07, 6.45) is 4.80. The molecule has 21 heavy (non-hydrogen) atoms. The minimum atomic E-state index is -0.242. The molecule has 0 radical (unpaired) electrons. The van der Waals surface area contributed by atoms with Gasteiger partial charge in [0.2, 0.25) is 0 Å². The van der Waals surface area contributed by atoms with E-state index in [1.54, 1.807) is 29.0 Å². The van der Waals surface area contributed by atoms with E-state index in [0.29, 0.717) is 17.0 Å². The lowest BCUT2D eigenvalue weighted by atomic mass is 10.3. The van der Waals surface area contributed by atoms with Crippen molar-refractivity contribution in [2.75, 3.05) is 5.32 Å². The van der Waals surface area contributed by atoms with Crippen LogP contribution in [0.5, 0.6) is 0 Å². The van der Waals surface area contributed by atoms with Crippen LogP contribution in [0.2, 0.25) is 0 Å². The summed E-state index contributed by atoms with van der Waals surface area (Å²) in [6.45, 7) is 5.90. The molecule has 0 aliphatic carbocycles. The molecule has 0 atom stereocenters. The molecule has 0 aromatic carbocycles. The minimum Gasteiger partial charge on any atom is -0.305 e. The fourth-order valence-corrected chi connectivity index (χ4v) is 1.72. The van der Waals surface area contributed by atoms with E-state index in [1.807, 2.05) is 32.9 Å². The third kappa shape index (κ3) is 3.42. The number of hydrogen-bond donors (Lipinski definition) is 1. The Kier molecular flexibility index (Phi) is 4.61. The number of nitrogens with one attached hydrogen (secondary N) is 1. The van der Waals surface area contributed by atoms with E-state index in [1.165, 1.54) is 6.20 Å². The molecule has 3 rings (SSSR count). The van der Waals surface area contributed by atoms with Crippen LogP contribution in [0.15, 0.2) is 42.9 Å². The van der Waals surface area contributed by atoms with Crippen molar-refractivity contribution in [2.45, 2.75) is 20.8 Å². The van der Waals surface area contributed by atoms with Gasteiger partial charge in [0.1, 0.15) is 0 Å². The molecule has 3 heterocycles. The Labute approximate surface area is 122 Å². The third-order valence-electron chi connectivity index (χ3n) is 2.62. The molecule has 0 fully saturated rings. The number of aryl methyl sites for hydroxylation is 1. The Morgan fingerprint density at radius 3 is 2.76 bits per heavy atom. The lowest BCUT2D eigenvalue weighted by molar-refractivity contribution is 0.102. The van der Waals surface area contributed by atoms with Crippen molar-refractivity contribution in [2.24, 2.45) is 0 Å². The highest BCUT2D eigenvalue weighted by Gasteiger charge is 2.08. The van der Waals surface area contributed by atoms with Gasteiger partial charge in [0.25, 0.3) is 5.91 Å². The summed E-state index contributed by atoms with van der Waals surface area (Å²) in [6, 6.07) is 7.13. The van der Waals surface area contributed by atoms with Crippen molar-refractivity contribution in [3.63, 3.8) is 0 Å². The minimum absolute atomic E-state index is 0.242. The number of hydrogen-bond acceptors (Lipinski definition) is 4. The predicted molar refractivity (Wildman–Crippen MR) is 81.3 cm³/mol. The first-order valence-electron chi connectivity index (χ1n) is 6.77. The summed E-state index contributed by atoms with van der Waals surface area (Å²) in [5.74, 6) is 0.222. The monoisotopic (exact) mass is 283 g/mol. The third-order valence-corrected chi connectivity index (χ3v) is 2.62. The summed E-state index contributed by atoms with van der Waals surface area (Å²) in [7, 11) is 0. The smallest absolute Gasteiger partial charge is 0.258 e. The second kappa shape index (κ2) is 6.60. The first-order valence-corrected chi connectivity index (χ1v) is 6.77. The quantitative estimate of drug-likeness (QED) is 0.785. The van der Waals surface area contributed by atoms with Gasteiger partial charge in [-0.2, -0.15) is 5.10 Å². The molecular formula is C15H17N5O. The summed E-state index contributed by atoms with van der Waals surface area (Å²) in [5.41, 5.74) is 2.06. The molecule has 0 bridgehead atoms. The molecule has 3 aromatic heterocycles. The van der Waals surface area contributed by atoms with Gasteiger partial charge in [-0.15, -0.1) is 0 Å². The Bertz CT molecular complexity index is 736. The Morgan fingerprint density at radius 1 is 1.24 bits per heavy atom. The molecule has 0 spiro atoms. The van der Waals surface area contributed by atoms with Crippen LogP contribution in [0.3, 0.4) is 0 Å². The van der Waals surface area contributed by atoms with Crippen molar-refractivity contribution >= 4 is 17.4 Å². The van der Waals surface area contributed by atoms with Gasteiger partial charge < -0.3 is 5.32 Å². The molecule has 6 nitrogen and oxygen atoms in total. The van der Waals surface area contributed by atoms with Crippen molar-refractivity contribution in [3.05, 3.63) is 54.1 Å². The molecule has 0 unspecified atom stereocenters. The van der Waals surface area contributed by atoms with Crippen molar-refractivity contribution in [1.82, 2.24) is 19.6 Å². The van der Waals surface area contributed by atoms with Crippen LogP contribution in [0.1, 0.15) is 29.9 Å². The maximum atomic E-state index is 11.9. The summed E-state index contributed by atoms with van der Waals surface area (Å²) >= 11 is 0. The molecule has 0 aliphatic rings. The fourth-order valence-electron chi connectivity index (χ4n) is 1.72. The van der Waals surface area contributed by atoms with Crippen LogP contribution >= 0.6 is 0 Å². The molecule has 6 heteroatoms. The fraction of sp³-hybridized carbons (Fsp3) is 0.200. The summed E-state index contributed by atoms with van der Waals surface area (Å²) in [5, 5.41) is 6.98. The number of amides is 1. The van der Waals surface area contributed by atoms with Crippen LogP contribution in [-0.2, 0) is 0 Å². The van der Waals surface area contributed by atoms with Crippen molar-refractivity contribution in [3.8, 4) is 0 Å². The maximum Gasteiger partial charge on any atom is 0.258 e. The lowest BCUT2D eigenvalue weighted by Gasteiger charge is -1.99. The van der Waals surface area contributed by atoms with Crippen LogP contribution < -0.4 is 5.32 Å². The first kappa shape index (κ1) is 14.6. The van der Waals surface area contributed by atoms with E-state index >= 15 is 0 Å². The average Bonchev–Trinajstić information content (AvgIpc) is 2.91. The van der Waals surface area contributed by atoms with E-state index in [-0.39, 0.29) is 5.91 Å². The van der Waals surface area contributed by atoms with Crippen LogP contribution in [0, 0.1) is 6.92 Å². The zero-order valence-corrected chi connectivity index (χ0v) is 12.2. The second-order valence-corrected chi connectivity index (χ2v) is 4.10. The maximum absolute atomic E-state index is 11.9. The van der Waals surface area contributed by atoms with Gasteiger partial charge in [-0.05, 0) is 31.2 Å². The van der Waals surface area contributed by atoms with Crippen LogP contribution in [0.25, 0.3) is 5.65 Å². The number of carbonyl (C=O) groups is 1. The topological polar surface area (TPSA) is 72.2 Å². The molecular weight excluding hydrogens is 266 g/mol. The number of fused-ring (bicyclic) bond motifs is 1. The summed E-state index contributed by atoms with van der Waals surface area (Å²) in [4.78, 5) is 20.1. The Balaban J connectivity index is 0.000000774. The number of anilines is 1. The van der Waals surface area contributed by atoms with Gasteiger partial charge in [0, 0.05) is 12.4 Å². The van der Waals surface area contributed by atoms with Gasteiger partial charge in [0.15, 0.2) is 11.5 Å². The molecule has 0 saturated carbocycles. The van der Waals surface area contributed by atoms with Gasteiger partial charge in [-0.1, -0.05) is 13.8 Å². The highest BCUT2D eigenvalue weighted by Crippen LogP contribution is 2.10. The Hall–Kier alpha value is -2.76. The highest BCUT2D eigenvalue weighted by molar-refractivity contribution is 6.03. The number of carbonyl (C=O) groups excluding carboxylic acids is 1. The average molecular weight is 283 g/mol. The summed E-state index contributed by atoms with van der Waals surface area (Å²) < 4.78 is 1.63. The molecule has 0 saturated heterocycles. The van der Waals surface area contributed by atoms with E-state index in [2.05, 4.69) is 20.4 Å². The molecule has 3 aromatic rings. The van der Waals surface area contributed by atoms with Crippen molar-refractivity contribution < 1.29 is 4.79 Å². The number of pyridine rings is 1. The van der Waals surface area contributed by atoms with Gasteiger partial charge in [0.05, 0.1) is 17.5 Å². The number of aromatic nitrogens is 4. The zero-order valence-electron chi connectivity index (χ0n) is 12.2. The molecule has 108 valence electrons. The van der Waals surface area contributed by atoms with Gasteiger partial charge in [-0.25, -0.2) is 9.50 Å². The van der Waals surface area contributed by atoms with E-state index in [4.69, 9.17) is 0 Å². The van der Waals surface area contributed by atoms with E-state index < -0.39 is 0 Å². The second-order valence-electron chi connectivity index (χ2n) is 4.10. The molecule has 0 aliphatic heterocycles. The number of rotatable bonds is 2. The Morgan fingerprint density at radius 2 is 2.05 bits per heavy atom. The highest BCUT2D eigenvalue weighted by atomic mass is 16.1. The van der Waals surface area contributed by atoms with E-state index in [9.17, 15) is 4.79 Å². The zero-order chi connectivity index (χ0) is 15.2. The molecule has 1 amide bonds. The van der Waals surface area contributed by atoms with Gasteiger partial charge in [-0.3, -0.25) is 9.78 Å². The standard InChI is InChI=1S/C13H11N5O.C2H6/c1-9-4-5-12-15-11(8-18(12)17-9)16-13(19)10-3-2-6-14-7-10;1-2/h2-8H,1H3,(H,16,19);1-2H3. The predicted octanol–water partition coefficient (Wildman–Crippen LogP) is 2.71. The van der Waals surface area contributed by atoms with Gasteiger partial charge >= 0.3 is 0 Å². The number of nitrogens with zero attached hydrogens (tertiary/aromatic N) is 4. The molecule has 1 N–H and O–H groups in total.